The van der Waals surface area contributed by atoms with Gasteiger partial charge in [0, 0.05) is 26.7 Å². The third-order valence-corrected chi connectivity index (χ3v) is 3.33. The van der Waals surface area contributed by atoms with Crippen LogP contribution >= 0.6 is 0 Å². The standard InChI is InChI=1S/C10H15N3O4/c1-12-8(14)4-6(9(12)15)13-3-2-11-5-7(13)10(16)17/h6-7,11H,2-5H2,1H3,(H,16,17). The summed E-state index contributed by atoms with van der Waals surface area (Å²) in [6, 6.07) is -1.35. The molecule has 2 heterocycles. The topological polar surface area (TPSA) is 90.0 Å². The molecule has 94 valence electrons. The zero-order valence-corrected chi connectivity index (χ0v) is 9.55. The van der Waals surface area contributed by atoms with Crippen molar-refractivity contribution in [3.05, 3.63) is 0 Å². The van der Waals surface area contributed by atoms with Crippen LogP contribution in [0.1, 0.15) is 6.42 Å². The lowest BCUT2D eigenvalue weighted by Gasteiger charge is -2.36. The fourth-order valence-corrected chi connectivity index (χ4v) is 2.32. The number of rotatable bonds is 2. The van der Waals surface area contributed by atoms with Crippen molar-refractivity contribution in [2.24, 2.45) is 0 Å². The van der Waals surface area contributed by atoms with Gasteiger partial charge in [0.15, 0.2) is 0 Å². The van der Waals surface area contributed by atoms with Crippen LogP contribution in [-0.4, -0.2) is 71.5 Å². The first-order valence-corrected chi connectivity index (χ1v) is 5.52. The minimum Gasteiger partial charge on any atom is -0.480 e. The van der Waals surface area contributed by atoms with Gasteiger partial charge in [-0.3, -0.25) is 24.2 Å². The van der Waals surface area contributed by atoms with Gasteiger partial charge in [0.05, 0.1) is 12.5 Å². The molecule has 2 unspecified atom stereocenters. The number of likely N-dealkylation sites (N-methyl/N-ethyl adjacent to an activating group) is 1. The summed E-state index contributed by atoms with van der Waals surface area (Å²) in [4.78, 5) is 37.1. The van der Waals surface area contributed by atoms with Crippen molar-refractivity contribution in [2.75, 3.05) is 26.7 Å². The second-order valence-electron chi connectivity index (χ2n) is 4.31. The minimum atomic E-state index is -0.966. The molecule has 0 aromatic carbocycles. The molecule has 7 heteroatoms. The highest BCUT2D eigenvalue weighted by atomic mass is 16.4. The molecule has 2 N–H and O–H groups in total. The Bertz CT molecular complexity index is 371. The SMILES string of the molecule is CN1C(=O)CC(N2CCNCC2C(=O)O)C1=O. The Morgan fingerprint density at radius 1 is 1.47 bits per heavy atom. The molecule has 7 nitrogen and oxygen atoms in total. The number of aliphatic carboxylic acids is 1. The second-order valence-corrected chi connectivity index (χ2v) is 4.31. The number of hydrogen-bond acceptors (Lipinski definition) is 5. The quantitative estimate of drug-likeness (QED) is 0.549. The molecule has 2 aliphatic heterocycles. The van der Waals surface area contributed by atoms with Gasteiger partial charge in [-0.1, -0.05) is 0 Å². The van der Waals surface area contributed by atoms with E-state index in [-0.39, 0.29) is 18.2 Å². The van der Waals surface area contributed by atoms with Crippen LogP contribution in [-0.2, 0) is 14.4 Å². The molecule has 2 fully saturated rings. The van der Waals surface area contributed by atoms with Crippen molar-refractivity contribution in [2.45, 2.75) is 18.5 Å². The molecule has 17 heavy (non-hydrogen) atoms. The number of likely N-dealkylation sites (tertiary alicyclic amines) is 1. The third-order valence-electron chi connectivity index (χ3n) is 3.33. The van der Waals surface area contributed by atoms with Gasteiger partial charge in [0.1, 0.15) is 6.04 Å². The molecule has 2 rings (SSSR count). The summed E-state index contributed by atoms with van der Waals surface area (Å²) in [5, 5.41) is 12.1. The maximum atomic E-state index is 11.8. The van der Waals surface area contributed by atoms with E-state index in [2.05, 4.69) is 5.32 Å². The van der Waals surface area contributed by atoms with Crippen molar-refractivity contribution in [3.63, 3.8) is 0 Å². The molecule has 2 saturated heterocycles. The first-order chi connectivity index (χ1) is 8.02. The molecule has 0 aromatic heterocycles. The van der Waals surface area contributed by atoms with Crippen LogP contribution in [0.15, 0.2) is 0 Å². The zero-order valence-electron chi connectivity index (χ0n) is 9.55. The number of carboxylic acid groups (broad SMARTS) is 1. The van der Waals surface area contributed by atoms with Crippen LogP contribution in [0, 0.1) is 0 Å². The van der Waals surface area contributed by atoms with Gasteiger partial charge in [0.2, 0.25) is 11.8 Å². The number of hydrogen-bond donors (Lipinski definition) is 2. The van der Waals surface area contributed by atoms with Gasteiger partial charge in [-0.05, 0) is 0 Å². The van der Waals surface area contributed by atoms with E-state index in [1.54, 1.807) is 4.90 Å². The summed E-state index contributed by atoms with van der Waals surface area (Å²) in [5.41, 5.74) is 0. The van der Waals surface area contributed by atoms with E-state index in [1.165, 1.54) is 7.05 Å². The second kappa shape index (κ2) is 4.42. The Balaban J connectivity index is 2.17. The van der Waals surface area contributed by atoms with E-state index in [9.17, 15) is 14.4 Å². The van der Waals surface area contributed by atoms with Gasteiger partial charge in [-0.25, -0.2) is 0 Å². The van der Waals surface area contributed by atoms with Gasteiger partial charge >= 0.3 is 5.97 Å². The predicted octanol–water partition coefficient (Wildman–Crippen LogP) is -1.90. The first-order valence-electron chi connectivity index (χ1n) is 5.52. The summed E-state index contributed by atoms with van der Waals surface area (Å²) in [5.74, 6) is -1.52. The third kappa shape index (κ3) is 2.03. The lowest BCUT2D eigenvalue weighted by Crippen LogP contribution is -2.59. The Kier molecular flexibility index (Phi) is 3.12. The fourth-order valence-electron chi connectivity index (χ4n) is 2.32. The molecule has 0 radical (unpaired) electrons. The molecule has 0 spiro atoms. The molecule has 0 bridgehead atoms. The molecule has 2 amide bonds. The maximum Gasteiger partial charge on any atom is 0.322 e. The lowest BCUT2D eigenvalue weighted by atomic mass is 10.1. The predicted molar refractivity (Wildman–Crippen MR) is 57.2 cm³/mol. The summed E-state index contributed by atoms with van der Waals surface area (Å²) in [6.07, 6.45) is 0.0825. The molecular weight excluding hydrogens is 226 g/mol. The van der Waals surface area contributed by atoms with Crippen LogP contribution in [0.4, 0.5) is 0 Å². The van der Waals surface area contributed by atoms with Crippen molar-refractivity contribution >= 4 is 17.8 Å². The minimum absolute atomic E-state index is 0.0825. The van der Waals surface area contributed by atoms with Crippen molar-refractivity contribution < 1.29 is 19.5 Å². The van der Waals surface area contributed by atoms with Crippen molar-refractivity contribution in [1.82, 2.24) is 15.1 Å². The van der Waals surface area contributed by atoms with E-state index < -0.39 is 18.1 Å². The monoisotopic (exact) mass is 241 g/mol. The number of piperazine rings is 1. The van der Waals surface area contributed by atoms with Crippen molar-refractivity contribution in [1.29, 1.82) is 0 Å². The van der Waals surface area contributed by atoms with Crippen LogP contribution in [0.25, 0.3) is 0 Å². The number of carbonyl (C=O) groups excluding carboxylic acids is 2. The molecular formula is C10H15N3O4. The number of carbonyl (C=O) groups is 3. The highest BCUT2D eigenvalue weighted by Gasteiger charge is 2.44. The van der Waals surface area contributed by atoms with Crippen molar-refractivity contribution in [3.8, 4) is 0 Å². The first kappa shape index (κ1) is 12.0. The maximum absolute atomic E-state index is 11.8. The average molecular weight is 241 g/mol. The highest BCUT2D eigenvalue weighted by molar-refractivity contribution is 6.05. The Hall–Kier alpha value is -1.47. The molecule has 0 aliphatic carbocycles. The van der Waals surface area contributed by atoms with Gasteiger partial charge < -0.3 is 10.4 Å². The Morgan fingerprint density at radius 2 is 2.18 bits per heavy atom. The molecule has 2 atom stereocenters. The number of nitrogens with one attached hydrogen (secondary N) is 1. The fraction of sp³-hybridized carbons (Fsp3) is 0.700. The van der Waals surface area contributed by atoms with Gasteiger partial charge in [-0.2, -0.15) is 0 Å². The molecule has 2 aliphatic rings. The number of imide groups is 1. The van der Waals surface area contributed by atoms with Gasteiger partial charge in [-0.15, -0.1) is 0 Å². The van der Waals surface area contributed by atoms with Crippen LogP contribution in [0.5, 0.6) is 0 Å². The van der Waals surface area contributed by atoms with E-state index >= 15 is 0 Å². The van der Waals surface area contributed by atoms with E-state index in [1.807, 2.05) is 0 Å². The number of amides is 2. The van der Waals surface area contributed by atoms with Gasteiger partial charge in [0.25, 0.3) is 0 Å². The smallest absolute Gasteiger partial charge is 0.322 e. The summed E-state index contributed by atoms with van der Waals surface area (Å²) < 4.78 is 0. The number of carboxylic acids is 1. The highest BCUT2D eigenvalue weighted by Crippen LogP contribution is 2.20. The Labute approximate surface area is 98.4 Å². The number of nitrogens with zero attached hydrogens (tertiary/aromatic N) is 2. The molecule has 0 aromatic rings. The summed E-state index contributed by atoms with van der Waals surface area (Å²) in [6.45, 7) is 1.40. The van der Waals surface area contributed by atoms with Crippen LogP contribution < -0.4 is 5.32 Å². The Morgan fingerprint density at radius 3 is 2.71 bits per heavy atom. The molecule has 0 saturated carbocycles. The van der Waals surface area contributed by atoms with Crippen LogP contribution in [0.3, 0.4) is 0 Å². The van der Waals surface area contributed by atoms with Crippen LogP contribution in [0.2, 0.25) is 0 Å². The largest absolute Gasteiger partial charge is 0.480 e. The zero-order chi connectivity index (χ0) is 12.6. The van der Waals surface area contributed by atoms with E-state index in [0.717, 1.165) is 4.90 Å². The average Bonchev–Trinajstić information content (AvgIpc) is 2.57. The lowest BCUT2D eigenvalue weighted by molar-refractivity contribution is -0.146. The van der Waals surface area contributed by atoms with E-state index in [0.29, 0.717) is 19.6 Å². The normalized spacial score (nSPS) is 31.0. The summed E-state index contributed by atoms with van der Waals surface area (Å²) >= 11 is 0. The summed E-state index contributed by atoms with van der Waals surface area (Å²) in [7, 11) is 1.43. The van der Waals surface area contributed by atoms with E-state index in [4.69, 9.17) is 5.11 Å².